The fourth-order valence-corrected chi connectivity index (χ4v) is 2.58. The summed E-state index contributed by atoms with van der Waals surface area (Å²) >= 11 is 11.7. The summed E-state index contributed by atoms with van der Waals surface area (Å²) in [6.45, 7) is 0.0760. The molecule has 2 aromatic rings. The molecule has 0 radical (unpaired) electrons. The maximum absolute atomic E-state index is 12.1. The van der Waals surface area contributed by atoms with Gasteiger partial charge in [0.25, 0.3) is 5.91 Å². The van der Waals surface area contributed by atoms with Gasteiger partial charge in [0, 0.05) is 10.6 Å². The molecule has 24 heavy (non-hydrogen) atoms. The van der Waals surface area contributed by atoms with Gasteiger partial charge in [-0.15, -0.1) is 0 Å². The number of carbonyl (C=O) groups excluding carboxylic acids is 1. The van der Waals surface area contributed by atoms with E-state index in [-0.39, 0.29) is 22.9 Å². The average Bonchev–Trinajstić information content (AvgIpc) is 2.58. The minimum atomic E-state index is -0.825. The third kappa shape index (κ3) is 3.55. The first-order chi connectivity index (χ1) is 11.5. The number of rotatable bonds is 3. The molecule has 0 fully saturated rings. The maximum atomic E-state index is 12.1. The van der Waals surface area contributed by atoms with Gasteiger partial charge >= 0.3 is 0 Å². The number of hydrazone groups is 1. The Balaban J connectivity index is 1.64. The molecule has 1 aliphatic heterocycles. The molecule has 1 unspecified atom stereocenters. The van der Waals surface area contributed by atoms with Gasteiger partial charge in [0.15, 0.2) is 11.5 Å². The van der Waals surface area contributed by atoms with Gasteiger partial charge in [-0.1, -0.05) is 35.3 Å². The van der Waals surface area contributed by atoms with E-state index in [1.807, 2.05) is 6.07 Å². The van der Waals surface area contributed by atoms with Gasteiger partial charge in [-0.2, -0.15) is 5.10 Å². The molecule has 0 saturated carbocycles. The predicted octanol–water partition coefficient (Wildman–Crippen LogP) is 2.99. The smallest absolute Gasteiger partial charge is 0.284 e. The normalized spacial score (nSPS) is 16.2. The number of hydrogen-bond acceptors (Lipinski definition) is 5. The van der Waals surface area contributed by atoms with Crippen LogP contribution in [0.25, 0.3) is 0 Å². The highest BCUT2D eigenvalue weighted by atomic mass is 35.5. The molecule has 1 aliphatic rings. The second kappa shape index (κ2) is 6.98. The Kier molecular flexibility index (Phi) is 4.78. The molecular weight excluding hydrogens is 355 g/mol. The van der Waals surface area contributed by atoms with Crippen molar-refractivity contribution in [1.29, 1.82) is 0 Å². The fraction of sp³-hybridized carbons (Fsp3) is 0.125. The van der Waals surface area contributed by atoms with Crippen LogP contribution in [0.4, 0.5) is 0 Å². The number of nitrogens with zero attached hydrogens (tertiary/aromatic N) is 1. The molecule has 1 heterocycles. The molecular formula is C16H12Cl2N2O4. The minimum absolute atomic E-state index is 0.0760. The van der Waals surface area contributed by atoms with Crippen molar-refractivity contribution in [3.8, 4) is 17.2 Å². The highest BCUT2D eigenvalue weighted by molar-refractivity contribution is 6.36. The van der Waals surface area contributed by atoms with Crippen molar-refractivity contribution in [1.82, 2.24) is 5.43 Å². The predicted molar refractivity (Wildman–Crippen MR) is 90.2 cm³/mol. The van der Waals surface area contributed by atoms with Crippen LogP contribution in [0.2, 0.25) is 10.0 Å². The van der Waals surface area contributed by atoms with Crippen LogP contribution in [0.5, 0.6) is 17.2 Å². The number of nitrogens with one attached hydrogen (secondary N) is 1. The van der Waals surface area contributed by atoms with E-state index in [4.69, 9.17) is 32.7 Å². The van der Waals surface area contributed by atoms with E-state index >= 15 is 0 Å². The molecule has 0 spiro atoms. The van der Waals surface area contributed by atoms with Crippen molar-refractivity contribution in [3.05, 3.63) is 52.0 Å². The molecule has 2 aromatic carbocycles. The summed E-state index contributed by atoms with van der Waals surface area (Å²) in [7, 11) is 0. The number of ether oxygens (including phenoxy) is 2. The van der Waals surface area contributed by atoms with Crippen molar-refractivity contribution in [2.75, 3.05) is 6.61 Å². The number of phenols is 1. The average molecular weight is 367 g/mol. The molecule has 0 aromatic heterocycles. The molecule has 124 valence electrons. The summed E-state index contributed by atoms with van der Waals surface area (Å²) in [5.41, 5.74) is 2.60. The van der Waals surface area contributed by atoms with E-state index in [0.29, 0.717) is 16.5 Å². The van der Waals surface area contributed by atoms with Gasteiger partial charge in [-0.3, -0.25) is 4.79 Å². The van der Waals surface area contributed by atoms with E-state index in [0.717, 1.165) is 0 Å². The Labute approximate surface area is 147 Å². The van der Waals surface area contributed by atoms with Crippen LogP contribution in [-0.2, 0) is 4.79 Å². The molecule has 2 N–H and O–H groups in total. The Morgan fingerprint density at radius 1 is 1.29 bits per heavy atom. The van der Waals surface area contributed by atoms with Gasteiger partial charge in [0.1, 0.15) is 12.4 Å². The summed E-state index contributed by atoms with van der Waals surface area (Å²) < 4.78 is 11.0. The topological polar surface area (TPSA) is 80.2 Å². The first-order valence-corrected chi connectivity index (χ1v) is 7.69. The zero-order chi connectivity index (χ0) is 17.1. The summed E-state index contributed by atoms with van der Waals surface area (Å²) in [6, 6.07) is 9.94. The van der Waals surface area contributed by atoms with Crippen LogP contribution in [-0.4, -0.2) is 29.9 Å². The standard InChI is InChI=1S/C16H12Cl2N2O4/c17-10-5-9(15(21)11(18)6-10)7-19-20-16(22)14-8-23-12-3-1-2-4-13(12)24-14/h1-7,14,21H,8H2,(H,20,22). The lowest BCUT2D eigenvalue weighted by atomic mass is 10.2. The molecule has 0 aliphatic carbocycles. The second-order valence-corrected chi connectivity index (χ2v) is 5.77. The lowest BCUT2D eigenvalue weighted by Gasteiger charge is -2.24. The van der Waals surface area contributed by atoms with Gasteiger partial charge in [0.05, 0.1) is 11.2 Å². The van der Waals surface area contributed by atoms with E-state index in [2.05, 4.69) is 10.5 Å². The number of hydrogen-bond donors (Lipinski definition) is 2. The zero-order valence-electron chi connectivity index (χ0n) is 12.2. The molecule has 3 rings (SSSR count). The van der Waals surface area contributed by atoms with Crippen molar-refractivity contribution in [2.45, 2.75) is 6.10 Å². The number of fused-ring (bicyclic) bond motifs is 1. The van der Waals surface area contributed by atoms with Gasteiger partial charge in [-0.25, -0.2) is 5.43 Å². The number of para-hydroxylation sites is 2. The second-order valence-electron chi connectivity index (χ2n) is 4.92. The third-order valence-electron chi connectivity index (χ3n) is 3.24. The van der Waals surface area contributed by atoms with Crippen LogP contribution >= 0.6 is 23.2 Å². The number of benzene rings is 2. The monoisotopic (exact) mass is 366 g/mol. The Bertz CT molecular complexity index is 811. The van der Waals surface area contributed by atoms with E-state index in [9.17, 15) is 9.90 Å². The SMILES string of the molecule is O=C(NN=Cc1cc(Cl)cc(Cl)c1O)C1COc2ccccc2O1. The largest absolute Gasteiger partial charge is 0.506 e. The molecule has 1 amide bonds. The summed E-state index contributed by atoms with van der Waals surface area (Å²) in [5, 5.41) is 14.0. The van der Waals surface area contributed by atoms with Crippen LogP contribution in [0.1, 0.15) is 5.56 Å². The number of amides is 1. The highest BCUT2D eigenvalue weighted by Crippen LogP contribution is 2.31. The number of halogens is 2. The van der Waals surface area contributed by atoms with Crippen LogP contribution in [0.3, 0.4) is 0 Å². The van der Waals surface area contributed by atoms with E-state index in [1.165, 1.54) is 18.3 Å². The number of carbonyl (C=O) groups is 1. The first kappa shape index (κ1) is 16.4. The van der Waals surface area contributed by atoms with Gasteiger partial charge in [-0.05, 0) is 24.3 Å². The first-order valence-electron chi connectivity index (χ1n) is 6.94. The fourth-order valence-electron chi connectivity index (χ4n) is 2.07. The summed E-state index contributed by atoms with van der Waals surface area (Å²) in [4.78, 5) is 12.1. The van der Waals surface area contributed by atoms with Gasteiger partial charge < -0.3 is 14.6 Å². The third-order valence-corrected chi connectivity index (χ3v) is 3.74. The molecule has 8 heteroatoms. The van der Waals surface area contributed by atoms with Crippen LogP contribution in [0.15, 0.2) is 41.5 Å². The Hall–Kier alpha value is -2.44. The lowest BCUT2D eigenvalue weighted by molar-refractivity contribution is -0.130. The van der Waals surface area contributed by atoms with Crippen molar-refractivity contribution in [3.63, 3.8) is 0 Å². The molecule has 1 atom stereocenters. The molecule has 0 saturated heterocycles. The van der Waals surface area contributed by atoms with Crippen molar-refractivity contribution in [2.24, 2.45) is 5.10 Å². The van der Waals surface area contributed by atoms with Crippen LogP contribution < -0.4 is 14.9 Å². The lowest BCUT2D eigenvalue weighted by Crippen LogP contribution is -2.42. The Morgan fingerprint density at radius 2 is 2.04 bits per heavy atom. The molecule has 0 bridgehead atoms. The Morgan fingerprint density at radius 3 is 2.83 bits per heavy atom. The van der Waals surface area contributed by atoms with Crippen LogP contribution in [0, 0.1) is 0 Å². The van der Waals surface area contributed by atoms with Gasteiger partial charge in [0.2, 0.25) is 6.10 Å². The number of aromatic hydroxyl groups is 1. The maximum Gasteiger partial charge on any atom is 0.284 e. The quantitative estimate of drug-likeness (QED) is 0.646. The van der Waals surface area contributed by atoms with E-state index < -0.39 is 12.0 Å². The van der Waals surface area contributed by atoms with Crippen molar-refractivity contribution >= 4 is 35.3 Å². The van der Waals surface area contributed by atoms with Crippen molar-refractivity contribution < 1.29 is 19.4 Å². The molecule has 6 nitrogen and oxygen atoms in total. The summed E-state index contributed by atoms with van der Waals surface area (Å²) in [6.07, 6.45) is 0.413. The number of phenolic OH excluding ortho intramolecular Hbond substituents is 1. The summed E-state index contributed by atoms with van der Waals surface area (Å²) in [5.74, 6) is 0.425. The highest BCUT2D eigenvalue weighted by Gasteiger charge is 2.27. The van der Waals surface area contributed by atoms with E-state index in [1.54, 1.807) is 18.2 Å². The minimum Gasteiger partial charge on any atom is -0.506 e. The zero-order valence-corrected chi connectivity index (χ0v) is 13.7.